The third kappa shape index (κ3) is 10.8. The van der Waals surface area contributed by atoms with Crippen molar-refractivity contribution in [1.82, 2.24) is 40.9 Å². The second kappa shape index (κ2) is 18.8. The molecule has 3 aromatic carbocycles. The number of ether oxygens (including phenoxy) is 1. The number of hydrogen-bond donors (Lipinski definition) is 6. The van der Waals surface area contributed by atoms with E-state index in [9.17, 15) is 29.1 Å². The summed E-state index contributed by atoms with van der Waals surface area (Å²) >= 11 is 1.45. The highest BCUT2D eigenvalue weighted by molar-refractivity contribution is 7.13. The number of nitrogens with zero attached hydrogens (tertiary/aromatic N) is 4. The number of carbonyl (C=O) groups excluding carboxylic acids is 5. The Morgan fingerprint density at radius 2 is 1.74 bits per heavy atom. The number of aryl methyl sites for hydroxylation is 1. The molecule has 0 saturated carbocycles. The fourth-order valence-corrected chi connectivity index (χ4v) is 8.54. The first kappa shape index (κ1) is 43.9. The third-order valence-electron chi connectivity index (χ3n) is 11.0. The second-order valence-electron chi connectivity index (χ2n) is 17.2. The smallest absolute Gasteiger partial charge is 0.276 e. The summed E-state index contributed by atoms with van der Waals surface area (Å²) in [5, 5.41) is 16.1. The van der Waals surface area contributed by atoms with E-state index in [2.05, 4.69) is 43.3 Å². The Morgan fingerprint density at radius 1 is 0.984 bits per heavy atom. The van der Waals surface area contributed by atoms with E-state index in [1.165, 1.54) is 53.3 Å². The van der Waals surface area contributed by atoms with Crippen LogP contribution < -0.4 is 26.2 Å². The molecule has 0 radical (unpaired) electrons. The monoisotopic (exact) mass is 863 g/mol. The molecule has 0 spiro atoms. The Bertz CT molecular complexity index is 2460. The van der Waals surface area contributed by atoms with Crippen molar-refractivity contribution in [2.45, 2.75) is 91.6 Å². The molecule has 16 nitrogen and oxygen atoms in total. The highest BCUT2D eigenvalue weighted by Crippen LogP contribution is 2.32. The van der Waals surface area contributed by atoms with Gasteiger partial charge in [0.15, 0.2) is 6.61 Å². The minimum atomic E-state index is -0.822. The zero-order valence-electron chi connectivity index (χ0n) is 35.5. The highest BCUT2D eigenvalue weighted by atomic mass is 32.1. The molecule has 2 saturated heterocycles. The average Bonchev–Trinajstić information content (AvgIpc) is 4.05. The Labute approximate surface area is 363 Å². The van der Waals surface area contributed by atoms with Gasteiger partial charge in [-0.25, -0.2) is 9.97 Å². The number of H-pyrrole nitrogens is 1. The van der Waals surface area contributed by atoms with Crippen molar-refractivity contribution in [3.63, 3.8) is 0 Å². The number of hydrogen-bond acceptors (Lipinski definition) is 11. The number of imidazole rings is 1. The third-order valence-corrected chi connectivity index (χ3v) is 12.0. The van der Waals surface area contributed by atoms with Crippen LogP contribution in [0.15, 0.2) is 66.2 Å². The molecule has 2 aromatic heterocycles. The molecular formula is C45H53N9O7S. The van der Waals surface area contributed by atoms with Crippen molar-refractivity contribution in [1.29, 1.82) is 0 Å². The zero-order valence-corrected chi connectivity index (χ0v) is 36.4. The van der Waals surface area contributed by atoms with Crippen LogP contribution in [0.4, 0.5) is 5.69 Å². The molecule has 5 aromatic rings. The topological polar surface area (TPSA) is 211 Å². The van der Waals surface area contributed by atoms with E-state index in [1.54, 1.807) is 17.6 Å². The van der Waals surface area contributed by atoms with Crippen molar-refractivity contribution < 1.29 is 33.8 Å². The minimum absolute atomic E-state index is 0.0228. The Hall–Kier alpha value is -6.17. The van der Waals surface area contributed by atoms with Crippen LogP contribution in [0, 0.1) is 12.3 Å². The van der Waals surface area contributed by atoms with Crippen molar-refractivity contribution in [3.8, 4) is 16.2 Å². The van der Waals surface area contributed by atoms with Gasteiger partial charge in [0.25, 0.3) is 17.7 Å². The number of β-amino-alcohol motifs (C(OH)–C–C–N with tert-alkyl or cyclic N) is 1. The maximum atomic E-state index is 13.4. The van der Waals surface area contributed by atoms with Gasteiger partial charge in [-0.3, -0.25) is 39.7 Å². The van der Waals surface area contributed by atoms with Gasteiger partial charge < -0.3 is 30.4 Å². The van der Waals surface area contributed by atoms with E-state index in [-0.39, 0.29) is 48.7 Å². The second-order valence-corrected chi connectivity index (χ2v) is 18.1. The number of benzene rings is 3. The van der Waals surface area contributed by atoms with Crippen LogP contribution in [0.2, 0.25) is 0 Å². The number of carbonyl (C=O) groups is 5. The lowest BCUT2D eigenvalue weighted by Crippen LogP contribution is -2.46. The van der Waals surface area contributed by atoms with E-state index in [1.807, 2.05) is 52.0 Å². The number of nitrogens with one attached hydrogen (secondary N) is 5. The molecule has 326 valence electrons. The molecule has 1 unspecified atom stereocenters. The Morgan fingerprint density at radius 3 is 2.44 bits per heavy atom. The number of amides is 5. The van der Waals surface area contributed by atoms with Crippen LogP contribution in [0.3, 0.4) is 0 Å². The first-order valence-corrected chi connectivity index (χ1v) is 21.6. The van der Waals surface area contributed by atoms with E-state index in [0.717, 1.165) is 46.1 Å². The van der Waals surface area contributed by atoms with Gasteiger partial charge in [-0.1, -0.05) is 32.9 Å². The summed E-state index contributed by atoms with van der Waals surface area (Å²) in [4.78, 5) is 82.6. The molecule has 3 atom stereocenters. The van der Waals surface area contributed by atoms with Crippen LogP contribution >= 0.6 is 11.3 Å². The number of fused-ring (bicyclic) bond motifs is 1. The van der Waals surface area contributed by atoms with Gasteiger partial charge in [-0.2, -0.15) is 0 Å². The van der Waals surface area contributed by atoms with Gasteiger partial charge in [0.05, 0.1) is 39.8 Å². The summed E-state index contributed by atoms with van der Waals surface area (Å²) in [7, 11) is 0. The first-order valence-electron chi connectivity index (χ1n) is 20.7. The van der Waals surface area contributed by atoms with Gasteiger partial charge >= 0.3 is 0 Å². The Balaban J connectivity index is 0.924. The van der Waals surface area contributed by atoms with E-state index in [0.29, 0.717) is 28.6 Å². The van der Waals surface area contributed by atoms with Gasteiger partial charge in [0.2, 0.25) is 11.8 Å². The maximum Gasteiger partial charge on any atom is 0.276 e. The molecule has 2 fully saturated rings. The molecule has 4 heterocycles. The zero-order chi connectivity index (χ0) is 44.1. The fourth-order valence-electron chi connectivity index (χ4n) is 7.73. The molecule has 5 amide bonds. The molecule has 62 heavy (non-hydrogen) atoms. The number of thiazole rings is 1. The summed E-state index contributed by atoms with van der Waals surface area (Å²) in [6, 6.07) is 16.6. The molecule has 0 bridgehead atoms. The molecule has 2 aliphatic rings. The fraction of sp³-hybridized carbons (Fsp3) is 0.400. The number of aromatic amines is 1. The largest absolute Gasteiger partial charge is 0.483 e. The molecular weight excluding hydrogens is 811 g/mol. The normalized spacial score (nSPS) is 17.8. The van der Waals surface area contributed by atoms with E-state index in [4.69, 9.17) is 9.72 Å². The summed E-state index contributed by atoms with van der Waals surface area (Å²) in [5.74, 6) is -1.01. The van der Waals surface area contributed by atoms with Gasteiger partial charge in [0.1, 0.15) is 17.6 Å². The van der Waals surface area contributed by atoms with Gasteiger partial charge in [-0.15, -0.1) is 11.3 Å². The van der Waals surface area contributed by atoms with Gasteiger partial charge in [-0.05, 0) is 92.7 Å². The standard InChI is InChI=1S/C45H53N9O7S/c1-26-7-6-16-53(26)23-38-49-34-15-14-32(18-35(34)50-38)48-42(58)28-8-10-29(11-9-28)43(59)52-51-39(56)24-61-37-17-30(41-27(2)47-25-62-41)12-13-31(37)21-46-44(60)36-19-33(55)22-54(36)40(57)20-45(3,4)5/h8-15,17-18,25-26,33,36,55H,6-7,16,19-24H2,1-5H3,(H,46,60)(H,48,58)(H,49,50)(H,51,56)(H,52,59)/t26-,33?,36-/m0/s1. The van der Waals surface area contributed by atoms with Crippen molar-refractivity contribution in [3.05, 3.63) is 94.4 Å². The molecule has 17 heteroatoms. The number of aliphatic hydroxyl groups excluding tert-OH is 1. The van der Waals surface area contributed by atoms with Crippen LogP contribution in [-0.2, 0) is 27.5 Å². The summed E-state index contributed by atoms with van der Waals surface area (Å²) in [6.45, 7) is 11.4. The van der Waals surface area contributed by atoms with Gasteiger partial charge in [0, 0.05) is 54.4 Å². The predicted molar refractivity (Wildman–Crippen MR) is 235 cm³/mol. The SMILES string of the molecule is Cc1ncsc1-c1ccc(CNC(=O)[C@@H]2CC(O)CN2C(=O)CC(C)(C)C)c(OCC(=O)NNC(=O)c2ccc(C(=O)Nc3ccc4[nH]c(CN5CCC[C@@H]5C)nc4c3)cc2)c1. The lowest BCUT2D eigenvalue weighted by molar-refractivity contribution is -0.140. The minimum Gasteiger partial charge on any atom is -0.483 e. The van der Waals surface area contributed by atoms with Crippen LogP contribution in [-0.4, -0.2) is 97.3 Å². The molecule has 0 aliphatic carbocycles. The quantitative estimate of drug-likeness (QED) is 0.0865. The lowest BCUT2D eigenvalue weighted by atomic mass is 9.91. The number of hydrazine groups is 1. The highest BCUT2D eigenvalue weighted by Gasteiger charge is 2.39. The number of aromatic nitrogens is 3. The number of likely N-dealkylation sites (tertiary alicyclic amines) is 2. The summed E-state index contributed by atoms with van der Waals surface area (Å²) < 4.78 is 5.96. The molecule has 6 N–H and O–H groups in total. The average molecular weight is 864 g/mol. The van der Waals surface area contributed by atoms with Crippen molar-refractivity contribution >= 4 is 57.6 Å². The van der Waals surface area contributed by atoms with Crippen molar-refractivity contribution in [2.24, 2.45) is 5.41 Å². The summed E-state index contributed by atoms with van der Waals surface area (Å²) in [5.41, 5.74) is 11.1. The van der Waals surface area contributed by atoms with Crippen molar-refractivity contribution in [2.75, 3.05) is 25.0 Å². The number of rotatable bonds is 13. The lowest BCUT2D eigenvalue weighted by Gasteiger charge is -2.27. The van der Waals surface area contributed by atoms with Crippen LogP contribution in [0.1, 0.15) is 91.2 Å². The predicted octanol–water partition coefficient (Wildman–Crippen LogP) is 5.09. The summed E-state index contributed by atoms with van der Waals surface area (Å²) in [6.07, 6.45) is 1.93. The Kier molecular flexibility index (Phi) is 13.3. The maximum absolute atomic E-state index is 13.4. The van der Waals surface area contributed by atoms with Crippen LogP contribution in [0.25, 0.3) is 21.5 Å². The van der Waals surface area contributed by atoms with E-state index >= 15 is 0 Å². The van der Waals surface area contributed by atoms with Crippen LogP contribution in [0.5, 0.6) is 5.75 Å². The first-order chi connectivity index (χ1) is 29.6. The molecule has 7 rings (SSSR count). The molecule has 2 aliphatic heterocycles. The number of anilines is 1. The van der Waals surface area contributed by atoms with E-state index < -0.39 is 36.5 Å². The number of aliphatic hydroxyl groups is 1.